The molecule has 1 aromatic carbocycles. The predicted molar refractivity (Wildman–Crippen MR) is 184 cm³/mol. The van der Waals surface area contributed by atoms with Crippen molar-refractivity contribution in [3.05, 3.63) is 64.8 Å². The number of ketones is 3. The number of fused-ring (bicyclic) bond motifs is 2. The number of aliphatic hydroxyl groups excluding tert-OH is 2. The van der Waals surface area contributed by atoms with Crippen LogP contribution in [0.5, 0.6) is 11.5 Å². The number of hydrogen-bond donors (Lipinski definition) is 4. The molecule has 258 valence electrons. The molecule has 0 spiro atoms. The molecule has 2 saturated carbocycles. The smallest absolute Gasteiger partial charge is 0.184 e. The monoisotopic (exact) mass is 650 g/mol. The lowest BCUT2D eigenvalue weighted by Gasteiger charge is -2.61. The summed E-state index contributed by atoms with van der Waals surface area (Å²) in [5.41, 5.74) is -3.29. The number of carbonyl (C=O) groups excluding carboxylic acids is 3. The van der Waals surface area contributed by atoms with Gasteiger partial charge in [-0.25, -0.2) is 0 Å². The highest BCUT2D eigenvalue weighted by molar-refractivity contribution is 6.41. The predicted octanol–water partition coefficient (Wildman–Crippen LogP) is 7.58. The van der Waals surface area contributed by atoms with Crippen LogP contribution in [0.4, 0.5) is 0 Å². The average Bonchev–Trinajstić information content (AvgIpc) is 2.97. The second-order valence-electron chi connectivity index (χ2n) is 15.3. The van der Waals surface area contributed by atoms with E-state index >= 15 is 9.59 Å². The molecule has 2 fully saturated rings. The number of carbonyl (C=O) groups is 3. The first-order valence-corrected chi connectivity index (χ1v) is 16.4. The van der Waals surface area contributed by atoms with Gasteiger partial charge in [0, 0.05) is 12.7 Å². The maximum absolute atomic E-state index is 15.3. The third-order valence-corrected chi connectivity index (χ3v) is 11.1. The third-order valence-electron chi connectivity index (χ3n) is 11.1. The highest BCUT2D eigenvalue weighted by atomic mass is 16.5. The molecule has 3 rings (SSSR count). The summed E-state index contributed by atoms with van der Waals surface area (Å²) in [4.78, 5) is 45.3. The number of ether oxygens (including phenoxy) is 1. The van der Waals surface area contributed by atoms with E-state index in [2.05, 4.69) is 6.58 Å². The minimum Gasteiger partial charge on any atom is -0.506 e. The van der Waals surface area contributed by atoms with Gasteiger partial charge in [0.15, 0.2) is 28.8 Å². The number of methoxy groups -OCH3 is 1. The lowest BCUT2D eigenvalue weighted by Crippen LogP contribution is -2.70. The van der Waals surface area contributed by atoms with Crippen molar-refractivity contribution in [3.8, 4) is 11.5 Å². The van der Waals surface area contributed by atoms with Gasteiger partial charge in [0.05, 0.1) is 17.1 Å². The molecule has 47 heavy (non-hydrogen) atoms. The van der Waals surface area contributed by atoms with Crippen molar-refractivity contribution in [2.75, 3.05) is 7.11 Å². The first kappa shape index (κ1) is 38.0. The molecule has 0 saturated heterocycles. The van der Waals surface area contributed by atoms with E-state index in [0.29, 0.717) is 6.42 Å². The number of phenols is 2. The first-order chi connectivity index (χ1) is 21.6. The maximum atomic E-state index is 15.3. The summed E-state index contributed by atoms with van der Waals surface area (Å²) < 4.78 is 5.60. The second kappa shape index (κ2) is 13.6. The zero-order chi connectivity index (χ0) is 35.9. The molecule has 4 N–H and O–H groups in total. The number of phenolic OH excluding ortho intramolecular Hbond substituents is 2. The third kappa shape index (κ3) is 6.64. The number of allylic oxidation sites excluding steroid dienone is 6. The fraction of sp³-hybridized carbons (Fsp3) is 0.564. The molecule has 5 atom stereocenters. The summed E-state index contributed by atoms with van der Waals surface area (Å²) >= 11 is 0. The zero-order valence-electron chi connectivity index (χ0n) is 29.8. The maximum Gasteiger partial charge on any atom is 0.184 e. The minimum absolute atomic E-state index is 0.00138. The minimum atomic E-state index is -1.77. The highest BCUT2D eigenvalue weighted by Gasteiger charge is 2.74. The van der Waals surface area contributed by atoms with Gasteiger partial charge >= 0.3 is 0 Å². The SMILES string of the molecule is C=C(C)[C@@H](CC=C(C)C)C[C@@]12C[C@@H](CC(O)C(C)(C)OC)C(C)(C)[C@@](CC=C(C)C)(C(=O)/C(=C(/O)c3ccc(O)c(O)c3)C1=O)C2=O. The Labute approximate surface area is 279 Å². The summed E-state index contributed by atoms with van der Waals surface area (Å²) in [6.07, 6.45) is 3.71. The number of hydrogen-bond acceptors (Lipinski definition) is 8. The van der Waals surface area contributed by atoms with Gasteiger partial charge in [0.1, 0.15) is 16.7 Å². The van der Waals surface area contributed by atoms with Crippen LogP contribution in [-0.4, -0.2) is 56.6 Å². The van der Waals surface area contributed by atoms with Gasteiger partial charge in [0.2, 0.25) is 0 Å². The van der Waals surface area contributed by atoms with Gasteiger partial charge in [-0.15, -0.1) is 0 Å². The molecule has 0 aliphatic heterocycles. The fourth-order valence-corrected chi connectivity index (χ4v) is 7.39. The summed E-state index contributed by atoms with van der Waals surface area (Å²) in [5.74, 6) is -4.40. The normalized spacial score (nSPS) is 26.4. The molecule has 2 aliphatic rings. The van der Waals surface area contributed by atoms with Crippen molar-refractivity contribution in [3.63, 3.8) is 0 Å². The van der Waals surface area contributed by atoms with Gasteiger partial charge in [-0.1, -0.05) is 49.3 Å². The molecule has 8 nitrogen and oxygen atoms in total. The van der Waals surface area contributed by atoms with Crippen molar-refractivity contribution in [1.82, 2.24) is 0 Å². The molecule has 0 radical (unpaired) electrons. The first-order valence-electron chi connectivity index (χ1n) is 16.4. The van der Waals surface area contributed by atoms with E-state index in [1.807, 2.05) is 60.6 Å². The van der Waals surface area contributed by atoms with E-state index in [4.69, 9.17) is 4.74 Å². The molecular formula is C39H54O8. The van der Waals surface area contributed by atoms with Crippen LogP contribution in [0, 0.1) is 28.1 Å². The summed E-state index contributed by atoms with van der Waals surface area (Å²) in [7, 11) is 1.51. The summed E-state index contributed by atoms with van der Waals surface area (Å²) in [6, 6.07) is 3.56. The highest BCUT2D eigenvalue weighted by Crippen LogP contribution is 2.66. The van der Waals surface area contributed by atoms with Crippen LogP contribution in [-0.2, 0) is 19.1 Å². The average molecular weight is 651 g/mol. The van der Waals surface area contributed by atoms with Crippen molar-refractivity contribution in [2.24, 2.45) is 28.1 Å². The fourth-order valence-electron chi connectivity index (χ4n) is 7.39. The van der Waals surface area contributed by atoms with Crippen molar-refractivity contribution in [2.45, 2.75) is 106 Å². The molecule has 2 aliphatic carbocycles. The molecule has 0 heterocycles. The Balaban J connectivity index is 2.47. The van der Waals surface area contributed by atoms with Crippen molar-refractivity contribution < 1.29 is 39.5 Å². The van der Waals surface area contributed by atoms with Crippen LogP contribution in [0.15, 0.2) is 59.2 Å². The van der Waals surface area contributed by atoms with Crippen LogP contribution < -0.4 is 0 Å². The van der Waals surface area contributed by atoms with E-state index in [1.165, 1.54) is 13.2 Å². The Kier molecular flexibility index (Phi) is 10.9. The molecule has 1 aromatic rings. The number of benzene rings is 1. The van der Waals surface area contributed by atoms with E-state index < -0.39 is 74.0 Å². The van der Waals surface area contributed by atoms with E-state index in [-0.39, 0.29) is 37.2 Å². The van der Waals surface area contributed by atoms with Gasteiger partial charge in [0.25, 0.3) is 0 Å². The van der Waals surface area contributed by atoms with Gasteiger partial charge in [-0.3, -0.25) is 14.4 Å². The van der Waals surface area contributed by atoms with Gasteiger partial charge < -0.3 is 25.2 Å². The van der Waals surface area contributed by atoms with Crippen LogP contribution >= 0.6 is 0 Å². The number of aliphatic hydroxyl groups is 2. The van der Waals surface area contributed by atoms with Crippen LogP contribution in [0.1, 0.15) is 100.0 Å². The van der Waals surface area contributed by atoms with E-state index in [1.54, 1.807) is 13.8 Å². The van der Waals surface area contributed by atoms with Crippen LogP contribution in [0.3, 0.4) is 0 Å². The standard InChI is InChI=1S/C39H54O8/c1-22(2)12-13-26(24(5)6)20-38-21-27(19-30(42)37(9,10)47-11)36(7,8)39(35(38)46,17-16-23(3)4)34(45)31(33(38)44)32(43)25-14-15-28(40)29(41)18-25/h12,14-16,18,26-27,30,40-43H,5,13,17,19-21H2,1-4,6-11H3/b32-31+/t26-,27+,30?,38+,39-/m0/s1. The number of rotatable bonds is 12. The molecule has 1 unspecified atom stereocenters. The Bertz CT molecular complexity index is 1530. The van der Waals surface area contributed by atoms with Crippen molar-refractivity contribution in [1.29, 1.82) is 0 Å². The number of aromatic hydroxyl groups is 2. The molecule has 8 heteroatoms. The van der Waals surface area contributed by atoms with Crippen LogP contribution in [0.2, 0.25) is 0 Å². The summed E-state index contributed by atoms with van der Waals surface area (Å²) in [6.45, 7) is 21.0. The van der Waals surface area contributed by atoms with Crippen LogP contribution in [0.25, 0.3) is 5.76 Å². The summed E-state index contributed by atoms with van der Waals surface area (Å²) in [5, 5.41) is 43.3. The molecule has 0 aromatic heterocycles. The molecule has 0 amide bonds. The van der Waals surface area contributed by atoms with Gasteiger partial charge in [-0.2, -0.15) is 0 Å². The van der Waals surface area contributed by atoms with Crippen molar-refractivity contribution >= 4 is 23.1 Å². The quantitative estimate of drug-likeness (QED) is 0.0453. The van der Waals surface area contributed by atoms with E-state index in [9.17, 15) is 25.2 Å². The lowest BCUT2D eigenvalue weighted by atomic mass is 9.38. The number of Topliss-reactive ketones (excluding diaryl/α,β-unsaturated/α-hetero) is 3. The topological polar surface area (TPSA) is 141 Å². The van der Waals surface area contributed by atoms with Gasteiger partial charge in [-0.05, 0) is 116 Å². The van der Waals surface area contributed by atoms with E-state index in [0.717, 1.165) is 28.9 Å². The Morgan fingerprint density at radius 1 is 1.02 bits per heavy atom. The largest absolute Gasteiger partial charge is 0.506 e. The lowest BCUT2D eigenvalue weighted by molar-refractivity contribution is -0.181. The molecule has 2 bridgehead atoms. The molecular weight excluding hydrogens is 596 g/mol. The zero-order valence-corrected chi connectivity index (χ0v) is 29.8. The second-order valence-corrected chi connectivity index (χ2v) is 15.3. The Hall–Kier alpha value is -3.49. The Morgan fingerprint density at radius 2 is 1.62 bits per heavy atom. The Morgan fingerprint density at radius 3 is 2.13 bits per heavy atom.